The Morgan fingerprint density at radius 2 is 1.63 bits per heavy atom. The minimum Gasteiger partial charge on any atom is -0.330 e. The lowest BCUT2D eigenvalue weighted by atomic mass is 10.0. The second kappa shape index (κ2) is 6.41. The topological polar surface area (TPSA) is 44.0 Å². The highest BCUT2D eigenvalue weighted by molar-refractivity contribution is 6.67. The molecule has 2 aromatic carbocycles. The van der Waals surface area contributed by atoms with E-state index in [0.717, 1.165) is 21.9 Å². The maximum atomic E-state index is 13.0. The van der Waals surface area contributed by atoms with Crippen LogP contribution in [0, 0.1) is 0 Å². The molecule has 4 nitrogen and oxygen atoms in total. The molecule has 0 aliphatic carbocycles. The fourth-order valence-electron chi connectivity index (χ4n) is 3.51. The van der Waals surface area contributed by atoms with Gasteiger partial charge in [0, 0.05) is 46.6 Å². The van der Waals surface area contributed by atoms with Crippen LogP contribution in [0.25, 0.3) is 33.1 Å². The summed E-state index contributed by atoms with van der Waals surface area (Å²) in [4.78, 5) is 24.6. The number of aromatic nitrogens is 2. The lowest BCUT2D eigenvalue weighted by Crippen LogP contribution is -2.20. The molecule has 27 heavy (non-hydrogen) atoms. The molecule has 0 radical (unpaired) electrons. The molecule has 0 aliphatic heterocycles. The number of hydrogen-bond donors (Lipinski definition) is 0. The quantitative estimate of drug-likeness (QED) is 0.409. The molecular weight excluding hydrogens is 407 g/mol. The fourth-order valence-corrected chi connectivity index (χ4v) is 4.14. The van der Waals surface area contributed by atoms with E-state index in [-0.39, 0.29) is 5.56 Å². The second-order valence-corrected chi connectivity index (χ2v) is 7.54. The highest BCUT2D eigenvalue weighted by atomic mass is 35.5. The maximum Gasteiger partial charge on any atom is 0.259 e. The van der Waals surface area contributed by atoms with Gasteiger partial charge in [0.15, 0.2) is 0 Å². The zero-order valence-electron chi connectivity index (χ0n) is 14.4. The van der Waals surface area contributed by atoms with Crippen LogP contribution < -0.4 is 5.56 Å². The van der Waals surface area contributed by atoms with Crippen LogP contribution >= 0.6 is 34.8 Å². The van der Waals surface area contributed by atoms with Gasteiger partial charge in [-0.1, -0.05) is 29.3 Å². The summed E-state index contributed by atoms with van der Waals surface area (Å²) < 4.78 is 3.50. The molecule has 7 heteroatoms. The summed E-state index contributed by atoms with van der Waals surface area (Å²) in [7, 11) is 3.59. The average molecular weight is 420 g/mol. The van der Waals surface area contributed by atoms with Crippen molar-refractivity contribution in [2.45, 2.75) is 0 Å². The number of rotatable bonds is 2. The number of aryl methyl sites for hydroxylation is 2. The normalized spacial score (nSPS) is 11.4. The molecule has 0 N–H and O–H groups in total. The standard InChI is InChI=1S/C20H13Cl3N2O2/c1-24-17-6-3-10(18(23)26)7-13(17)14-9-15(20(27)25(2)19(14)24)12-5-4-11(21)8-16(12)22/h3-9H,1-2H3. The van der Waals surface area contributed by atoms with Crippen molar-refractivity contribution in [1.82, 2.24) is 9.13 Å². The highest BCUT2D eigenvalue weighted by Gasteiger charge is 2.18. The van der Waals surface area contributed by atoms with Crippen LogP contribution in [0.2, 0.25) is 10.0 Å². The summed E-state index contributed by atoms with van der Waals surface area (Å²) in [5.41, 5.74) is 2.92. The van der Waals surface area contributed by atoms with Gasteiger partial charge in [-0.05, 0) is 48.0 Å². The van der Waals surface area contributed by atoms with Crippen molar-refractivity contribution in [1.29, 1.82) is 0 Å². The van der Waals surface area contributed by atoms with E-state index in [4.69, 9.17) is 34.8 Å². The lowest BCUT2D eigenvalue weighted by molar-refractivity contribution is 0.108. The lowest BCUT2D eigenvalue weighted by Gasteiger charge is -2.09. The van der Waals surface area contributed by atoms with Crippen LogP contribution in [0.3, 0.4) is 0 Å². The Hall–Kier alpha value is -2.27. The average Bonchev–Trinajstić information content (AvgIpc) is 2.90. The third kappa shape index (κ3) is 2.76. The molecule has 0 aliphatic rings. The number of carbonyl (C=O) groups excluding carboxylic acids is 1. The molecule has 0 fully saturated rings. The van der Waals surface area contributed by atoms with Gasteiger partial charge in [0.1, 0.15) is 5.65 Å². The van der Waals surface area contributed by atoms with Crippen LogP contribution in [-0.2, 0) is 14.1 Å². The zero-order chi connectivity index (χ0) is 19.5. The molecule has 0 unspecified atom stereocenters. The van der Waals surface area contributed by atoms with E-state index in [0.29, 0.717) is 26.7 Å². The van der Waals surface area contributed by atoms with Gasteiger partial charge in [0.25, 0.3) is 10.8 Å². The van der Waals surface area contributed by atoms with Gasteiger partial charge >= 0.3 is 0 Å². The van der Waals surface area contributed by atoms with Crippen molar-refractivity contribution < 1.29 is 4.79 Å². The summed E-state index contributed by atoms with van der Waals surface area (Å²) in [6, 6.07) is 12.1. The molecule has 4 rings (SSSR count). The summed E-state index contributed by atoms with van der Waals surface area (Å²) in [5.74, 6) is 0. The highest BCUT2D eigenvalue weighted by Crippen LogP contribution is 2.33. The molecular formula is C20H13Cl3N2O2. The molecule has 4 aromatic rings. The van der Waals surface area contributed by atoms with E-state index in [1.165, 1.54) is 0 Å². The van der Waals surface area contributed by atoms with Gasteiger partial charge in [0.05, 0.1) is 10.5 Å². The van der Waals surface area contributed by atoms with E-state index in [2.05, 4.69) is 0 Å². The third-order valence-electron chi connectivity index (χ3n) is 4.80. The minimum atomic E-state index is -0.528. The number of carbonyl (C=O) groups is 1. The number of pyridine rings is 1. The van der Waals surface area contributed by atoms with Crippen LogP contribution in [-0.4, -0.2) is 14.4 Å². The largest absolute Gasteiger partial charge is 0.330 e. The number of nitrogens with zero attached hydrogens (tertiary/aromatic N) is 2. The molecule has 0 spiro atoms. The SMILES string of the molecule is Cn1c(=O)c(-c2ccc(Cl)cc2Cl)cc2c3cc(C(=O)Cl)ccc3n(C)c21. The van der Waals surface area contributed by atoms with E-state index in [1.54, 1.807) is 48.0 Å². The Kier molecular flexibility index (Phi) is 4.30. The Morgan fingerprint density at radius 1 is 0.889 bits per heavy atom. The van der Waals surface area contributed by atoms with Crippen molar-refractivity contribution >= 4 is 62.0 Å². The fraction of sp³-hybridized carbons (Fsp3) is 0.100. The van der Waals surface area contributed by atoms with Gasteiger partial charge in [-0.15, -0.1) is 0 Å². The molecule has 2 aromatic heterocycles. The summed E-state index contributed by atoms with van der Waals surface area (Å²) in [5, 5.41) is 2.03. The predicted molar refractivity (Wildman–Crippen MR) is 111 cm³/mol. The first-order valence-electron chi connectivity index (χ1n) is 8.07. The summed E-state index contributed by atoms with van der Waals surface area (Å²) >= 11 is 18.0. The second-order valence-electron chi connectivity index (χ2n) is 6.35. The summed E-state index contributed by atoms with van der Waals surface area (Å²) in [6.45, 7) is 0. The molecule has 2 heterocycles. The number of benzene rings is 2. The van der Waals surface area contributed by atoms with Crippen LogP contribution in [0.5, 0.6) is 0 Å². The van der Waals surface area contributed by atoms with Gasteiger partial charge in [-0.25, -0.2) is 0 Å². The Morgan fingerprint density at radius 3 is 2.30 bits per heavy atom. The van der Waals surface area contributed by atoms with Crippen LogP contribution in [0.1, 0.15) is 10.4 Å². The van der Waals surface area contributed by atoms with E-state index < -0.39 is 5.24 Å². The Balaban J connectivity index is 2.15. The van der Waals surface area contributed by atoms with Crippen molar-refractivity contribution in [3.05, 3.63) is 68.4 Å². The Bertz CT molecular complexity index is 1320. The monoisotopic (exact) mass is 418 g/mol. The smallest absolute Gasteiger partial charge is 0.259 e. The number of hydrogen-bond acceptors (Lipinski definition) is 2. The predicted octanol–water partition coefficient (Wildman–Crippen LogP) is 5.38. The molecule has 0 saturated heterocycles. The zero-order valence-corrected chi connectivity index (χ0v) is 16.7. The first kappa shape index (κ1) is 18.1. The van der Waals surface area contributed by atoms with Crippen LogP contribution in [0.4, 0.5) is 0 Å². The first-order valence-corrected chi connectivity index (χ1v) is 9.20. The van der Waals surface area contributed by atoms with Crippen molar-refractivity contribution in [3.63, 3.8) is 0 Å². The molecule has 0 amide bonds. The van der Waals surface area contributed by atoms with Crippen molar-refractivity contribution in [2.24, 2.45) is 14.1 Å². The van der Waals surface area contributed by atoms with Crippen molar-refractivity contribution in [2.75, 3.05) is 0 Å². The van der Waals surface area contributed by atoms with Crippen molar-refractivity contribution in [3.8, 4) is 11.1 Å². The Labute approximate surface area is 169 Å². The van der Waals surface area contributed by atoms with Gasteiger partial charge < -0.3 is 4.57 Å². The van der Waals surface area contributed by atoms with E-state index in [9.17, 15) is 9.59 Å². The van der Waals surface area contributed by atoms with Gasteiger partial charge in [0.2, 0.25) is 0 Å². The minimum absolute atomic E-state index is 0.175. The van der Waals surface area contributed by atoms with Gasteiger partial charge in [-0.3, -0.25) is 14.2 Å². The van der Waals surface area contributed by atoms with Crippen LogP contribution in [0.15, 0.2) is 47.3 Å². The number of fused-ring (bicyclic) bond motifs is 3. The molecule has 0 atom stereocenters. The van der Waals surface area contributed by atoms with E-state index in [1.807, 2.05) is 17.7 Å². The summed E-state index contributed by atoms with van der Waals surface area (Å²) in [6.07, 6.45) is 0. The van der Waals surface area contributed by atoms with Gasteiger partial charge in [-0.2, -0.15) is 0 Å². The van der Waals surface area contributed by atoms with E-state index >= 15 is 0 Å². The maximum absolute atomic E-state index is 13.0. The number of halogens is 3. The molecule has 0 bridgehead atoms. The molecule has 0 saturated carbocycles. The first-order chi connectivity index (χ1) is 12.8. The third-order valence-corrected chi connectivity index (χ3v) is 5.56. The molecule has 136 valence electrons.